The highest BCUT2D eigenvalue weighted by atomic mass is 16.5. The Morgan fingerprint density at radius 1 is 1.26 bits per heavy atom. The first-order valence-corrected chi connectivity index (χ1v) is 7.27. The summed E-state index contributed by atoms with van der Waals surface area (Å²) >= 11 is 0. The topological polar surface area (TPSA) is 38.2 Å². The van der Waals surface area contributed by atoms with E-state index in [1.807, 2.05) is 6.20 Å². The number of aromatic nitrogens is 2. The SMILES string of the molecule is Cc1cnc(N2CCC3(CCOCC3)[C@H]2C)nc1C. The molecule has 4 nitrogen and oxygen atoms in total. The number of aryl methyl sites for hydroxylation is 2. The van der Waals surface area contributed by atoms with Gasteiger partial charge in [-0.05, 0) is 51.0 Å². The summed E-state index contributed by atoms with van der Waals surface area (Å²) in [5, 5.41) is 0. The second-order valence-electron chi connectivity index (χ2n) is 6.03. The van der Waals surface area contributed by atoms with E-state index in [0.717, 1.165) is 37.0 Å². The molecule has 0 amide bonds. The summed E-state index contributed by atoms with van der Waals surface area (Å²) in [4.78, 5) is 11.6. The number of ether oxygens (including phenoxy) is 1. The van der Waals surface area contributed by atoms with Gasteiger partial charge in [-0.25, -0.2) is 9.97 Å². The molecule has 3 rings (SSSR count). The van der Waals surface area contributed by atoms with Crippen LogP contribution in [0.1, 0.15) is 37.4 Å². The number of hydrogen-bond acceptors (Lipinski definition) is 4. The van der Waals surface area contributed by atoms with Gasteiger partial charge in [-0.2, -0.15) is 0 Å². The van der Waals surface area contributed by atoms with E-state index >= 15 is 0 Å². The van der Waals surface area contributed by atoms with Crippen molar-refractivity contribution in [2.45, 2.75) is 46.1 Å². The van der Waals surface area contributed by atoms with E-state index in [9.17, 15) is 0 Å². The van der Waals surface area contributed by atoms with Crippen molar-refractivity contribution >= 4 is 5.95 Å². The Kier molecular flexibility index (Phi) is 3.21. The molecule has 0 N–H and O–H groups in total. The zero-order valence-corrected chi connectivity index (χ0v) is 12.1. The predicted octanol–water partition coefficient (Wildman–Crippen LogP) is 2.49. The maximum Gasteiger partial charge on any atom is 0.225 e. The largest absolute Gasteiger partial charge is 0.381 e. The molecule has 0 aromatic carbocycles. The minimum atomic E-state index is 0.417. The molecule has 2 saturated heterocycles. The molecule has 104 valence electrons. The van der Waals surface area contributed by atoms with Crippen LogP contribution in [0.25, 0.3) is 0 Å². The first kappa shape index (κ1) is 12.9. The molecule has 0 aliphatic carbocycles. The molecule has 3 heterocycles. The molecule has 4 heteroatoms. The molecular formula is C15H23N3O. The van der Waals surface area contributed by atoms with Gasteiger partial charge >= 0.3 is 0 Å². The summed E-state index contributed by atoms with van der Waals surface area (Å²) in [5.41, 5.74) is 2.67. The molecule has 2 aliphatic heterocycles. The summed E-state index contributed by atoms with van der Waals surface area (Å²) < 4.78 is 5.53. The Balaban J connectivity index is 1.84. The van der Waals surface area contributed by atoms with Crippen LogP contribution in [0, 0.1) is 19.3 Å². The van der Waals surface area contributed by atoms with Gasteiger partial charge in [-0.1, -0.05) is 0 Å². The van der Waals surface area contributed by atoms with E-state index in [-0.39, 0.29) is 0 Å². The van der Waals surface area contributed by atoms with Gasteiger partial charge in [0.05, 0.1) is 0 Å². The van der Waals surface area contributed by atoms with Crippen molar-refractivity contribution in [3.05, 3.63) is 17.5 Å². The van der Waals surface area contributed by atoms with Crippen LogP contribution in [0.3, 0.4) is 0 Å². The standard InChI is InChI=1S/C15H23N3O/c1-11-10-16-14(17-12(11)2)18-7-4-15(13(18)3)5-8-19-9-6-15/h10,13H,4-9H2,1-3H3/t13-/m1/s1. The summed E-state index contributed by atoms with van der Waals surface area (Å²) in [7, 11) is 0. The fraction of sp³-hybridized carbons (Fsp3) is 0.733. The number of rotatable bonds is 1. The fourth-order valence-electron chi connectivity index (χ4n) is 3.45. The Labute approximate surface area is 115 Å². The normalized spacial score (nSPS) is 26.1. The first-order chi connectivity index (χ1) is 9.12. The molecular weight excluding hydrogens is 238 g/mol. The zero-order valence-electron chi connectivity index (χ0n) is 12.1. The minimum absolute atomic E-state index is 0.417. The molecule has 2 fully saturated rings. The highest BCUT2D eigenvalue weighted by molar-refractivity contribution is 5.37. The Morgan fingerprint density at radius 3 is 2.68 bits per heavy atom. The zero-order chi connectivity index (χ0) is 13.5. The highest BCUT2D eigenvalue weighted by Crippen LogP contribution is 2.45. The second-order valence-corrected chi connectivity index (χ2v) is 6.03. The molecule has 0 saturated carbocycles. The fourth-order valence-corrected chi connectivity index (χ4v) is 3.45. The van der Waals surface area contributed by atoms with Crippen molar-refractivity contribution in [1.82, 2.24) is 9.97 Å². The third-order valence-electron chi connectivity index (χ3n) is 5.16. The molecule has 0 unspecified atom stereocenters. The average Bonchev–Trinajstić information content (AvgIpc) is 2.72. The highest BCUT2D eigenvalue weighted by Gasteiger charge is 2.46. The van der Waals surface area contributed by atoms with E-state index in [4.69, 9.17) is 4.74 Å². The third-order valence-corrected chi connectivity index (χ3v) is 5.16. The van der Waals surface area contributed by atoms with Crippen molar-refractivity contribution in [2.24, 2.45) is 5.41 Å². The quantitative estimate of drug-likeness (QED) is 0.778. The molecule has 0 radical (unpaired) electrons. The van der Waals surface area contributed by atoms with Crippen molar-refractivity contribution in [1.29, 1.82) is 0 Å². The summed E-state index contributed by atoms with van der Waals surface area (Å²) in [6.45, 7) is 9.34. The van der Waals surface area contributed by atoms with Gasteiger partial charge in [0.15, 0.2) is 0 Å². The van der Waals surface area contributed by atoms with E-state index in [2.05, 4.69) is 35.6 Å². The number of anilines is 1. The molecule has 1 aromatic rings. The molecule has 1 aromatic heterocycles. The van der Waals surface area contributed by atoms with Crippen molar-refractivity contribution in [3.8, 4) is 0 Å². The van der Waals surface area contributed by atoms with Gasteiger partial charge in [0, 0.05) is 37.7 Å². The van der Waals surface area contributed by atoms with Gasteiger partial charge < -0.3 is 9.64 Å². The predicted molar refractivity (Wildman–Crippen MR) is 75.4 cm³/mol. The average molecular weight is 261 g/mol. The lowest BCUT2D eigenvalue weighted by atomic mass is 9.74. The second kappa shape index (κ2) is 4.75. The summed E-state index contributed by atoms with van der Waals surface area (Å²) in [5.74, 6) is 0.902. The molecule has 0 bridgehead atoms. The van der Waals surface area contributed by atoms with Crippen LogP contribution in [0.5, 0.6) is 0 Å². The molecule has 1 spiro atoms. The van der Waals surface area contributed by atoms with E-state index in [1.54, 1.807) is 0 Å². The summed E-state index contributed by atoms with van der Waals surface area (Å²) in [6.07, 6.45) is 5.54. The van der Waals surface area contributed by atoms with Crippen LogP contribution >= 0.6 is 0 Å². The number of nitrogens with zero attached hydrogens (tertiary/aromatic N) is 3. The lowest BCUT2D eigenvalue weighted by molar-refractivity contribution is 0.0128. The van der Waals surface area contributed by atoms with Gasteiger partial charge in [-0.15, -0.1) is 0 Å². The molecule has 19 heavy (non-hydrogen) atoms. The van der Waals surface area contributed by atoms with Crippen molar-refractivity contribution < 1.29 is 4.74 Å². The van der Waals surface area contributed by atoms with Crippen LogP contribution in [0.15, 0.2) is 6.20 Å². The third kappa shape index (κ3) is 2.12. The van der Waals surface area contributed by atoms with Crippen LogP contribution in [0.2, 0.25) is 0 Å². The Bertz CT molecular complexity index is 468. The van der Waals surface area contributed by atoms with E-state index in [0.29, 0.717) is 11.5 Å². The smallest absolute Gasteiger partial charge is 0.225 e. The minimum Gasteiger partial charge on any atom is -0.381 e. The van der Waals surface area contributed by atoms with Crippen LogP contribution < -0.4 is 4.90 Å². The van der Waals surface area contributed by atoms with Crippen LogP contribution in [0.4, 0.5) is 5.95 Å². The van der Waals surface area contributed by atoms with Gasteiger partial charge in [0.1, 0.15) is 0 Å². The monoisotopic (exact) mass is 261 g/mol. The van der Waals surface area contributed by atoms with Gasteiger partial charge in [0.25, 0.3) is 0 Å². The molecule has 2 aliphatic rings. The Morgan fingerprint density at radius 2 is 2.00 bits per heavy atom. The summed E-state index contributed by atoms with van der Waals surface area (Å²) in [6, 6.07) is 0.513. The maximum absolute atomic E-state index is 5.53. The van der Waals surface area contributed by atoms with Crippen LogP contribution in [-0.4, -0.2) is 35.8 Å². The number of hydrogen-bond donors (Lipinski definition) is 0. The van der Waals surface area contributed by atoms with Crippen molar-refractivity contribution in [3.63, 3.8) is 0 Å². The Hall–Kier alpha value is -1.16. The van der Waals surface area contributed by atoms with E-state index in [1.165, 1.54) is 19.3 Å². The van der Waals surface area contributed by atoms with Gasteiger partial charge in [-0.3, -0.25) is 0 Å². The first-order valence-electron chi connectivity index (χ1n) is 7.27. The lowest BCUT2D eigenvalue weighted by Crippen LogP contribution is -2.41. The van der Waals surface area contributed by atoms with Crippen LogP contribution in [-0.2, 0) is 4.74 Å². The van der Waals surface area contributed by atoms with Gasteiger partial charge in [0.2, 0.25) is 5.95 Å². The lowest BCUT2D eigenvalue weighted by Gasteiger charge is -2.38. The van der Waals surface area contributed by atoms with Crippen molar-refractivity contribution in [2.75, 3.05) is 24.7 Å². The van der Waals surface area contributed by atoms with E-state index < -0.39 is 0 Å². The maximum atomic E-state index is 5.53. The molecule has 1 atom stereocenters.